The maximum absolute atomic E-state index is 12.7. The van der Waals surface area contributed by atoms with Gasteiger partial charge in [-0.1, -0.05) is 23.4 Å². The minimum absolute atomic E-state index is 0.0438. The van der Waals surface area contributed by atoms with E-state index in [4.69, 9.17) is 21.1 Å². The third-order valence-corrected chi connectivity index (χ3v) is 5.19. The summed E-state index contributed by atoms with van der Waals surface area (Å²) in [7, 11) is 2.91. The Labute approximate surface area is 182 Å². The molecule has 0 aliphatic carbocycles. The molecule has 30 heavy (non-hydrogen) atoms. The van der Waals surface area contributed by atoms with Gasteiger partial charge in [0.25, 0.3) is 0 Å². The summed E-state index contributed by atoms with van der Waals surface area (Å²) in [5.74, 6) is 0.718. The number of nitrogens with one attached hydrogen (secondary N) is 1. The predicted molar refractivity (Wildman–Crippen MR) is 115 cm³/mol. The van der Waals surface area contributed by atoms with Gasteiger partial charge in [0.2, 0.25) is 11.3 Å². The molecule has 3 rings (SSSR count). The van der Waals surface area contributed by atoms with Crippen molar-refractivity contribution in [2.75, 3.05) is 19.5 Å². The van der Waals surface area contributed by atoms with E-state index in [1.807, 2.05) is 0 Å². The Morgan fingerprint density at radius 1 is 1.17 bits per heavy atom. The number of amides is 1. The summed E-state index contributed by atoms with van der Waals surface area (Å²) in [6.07, 6.45) is 4.80. The second kappa shape index (κ2) is 10.1. The molecule has 0 unspecified atom stereocenters. The number of rotatable bonds is 8. The van der Waals surface area contributed by atoms with Gasteiger partial charge >= 0.3 is 0 Å². The molecule has 156 valence electrons. The third kappa shape index (κ3) is 5.52. The topological polar surface area (TPSA) is 95.3 Å². The molecule has 1 N–H and O–H groups in total. The number of hydrogen-bond acceptors (Lipinski definition) is 7. The van der Waals surface area contributed by atoms with Crippen molar-refractivity contribution in [1.29, 1.82) is 0 Å². The van der Waals surface area contributed by atoms with Gasteiger partial charge in [0.1, 0.15) is 12.3 Å². The van der Waals surface area contributed by atoms with Crippen LogP contribution in [0.4, 0.5) is 5.69 Å². The van der Waals surface area contributed by atoms with E-state index < -0.39 is 0 Å². The number of nitrogens with zero attached hydrogens (tertiary/aromatic N) is 3. The van der Waals surface area contributed by atoms with Crippen molar-refractivity contribution in [3.05, 3.63) is 69.9 Å². The fourth-order valence-electron chi connectivity index (χ4n) is 2.64. The lowest BCUT2D eigenvalue weighted by molar-refractivity contribution is -0.116. The summed E-state index contributed by atoms with van der Waals surface area (Å²) in [6, 6.07) is 8.11. The summed E-state index contributed by atoms with van der Waals surface area (Å²) in [6.45, 7) is -0.0438. The zero-order valence-electron chi connectivity index (χ0n) is 16.3. The van der Waals surface area contributed by atoms with Crippen molar-refractivity contribution in [1.82, 2.24) is 14.5 Å². The van der Waals surface area contributed by atoms with Crippen molar-refractivity contribution in [3.8, 4) is 11.5 Å². The maximum atomic E-state index is 12.7. The van der Waals surface area contributed by atoms with Gasteiger partial charge in [-0.3, -0.25) is 9.59 Å². The monoisotopic (exact) mass is 446 g/mol. The van der Waals surface area contributed by atoms with Crippen LogP contribution >= 0.6 is 23.4 Å². The number of aromatic nitrogens is 3. The Balaban J connectivity index is 1.82. The molecular weight excluding hydrogens is 428 g/mol. The van der Waals surface area contributed by atoms with Crippen LogP contribution in [0, 0.1) is 0 Å². The van der Waals surface area contributed by atoms with Gasteiger partial charge in [0.15, 0.2) is 10.9 Å². The van der Waals surface area contributed by atoms with Gasteiger partial charge in [0, 0.05) is 34.9 Å². The molecule has 0 saturated carbocycles. The highest BCUT2D eigenvalue weighted by Crippen LogP contribution is 2.27. The number of carbonyl (C=O) groups is 1. The number of halogens is 1. The summed E-state index contributed by atoms with van der Waals surface area (Å²) in [5, 5.41) is 3.82. The number of pyridine rings is 1. The van der Waals surface area contributed by atoms with Crippen molar-refractivity contribution in [2.24, 2.45) is 0 Å². The predicted octanol–water partition coefficient (Wildman–Crippen LogP) is 3.24. The van der Waals surface area contributed by atoms with E-state index in [1.165, 1.54) is 38.2 Å². The molecule has 8 nitrogen and oxygen atoms in total. The molecule has 1 aromatic carbocycles. The van der Waals surface area contributed by atoms with E-state index in [9.17, 15) is 9.59 Å². The van der Waals surface area contributed by atoms with Crippen LogP contribution in [0.5, 0.6) is 11.5 Å². The van der Waals surface area contributed by atoms with Gasteiger partial charge < -0.3 is 19.4 Å². The molecule has 0 saturated heterocycles. The lowest BCUT2D eigenvalue weighted by atomic mass is 10.3. The second-order valence-electron chi connectivity index (χ2n) is 6.04. The fraction of sp³-hybridized carbons (Fsp3) is 0.200. The number of carbonyl (C=O) groups excluding carboxylic acids is 1. The standard InChI is InChI=1S/C20H19ClN4O4S/c1-28-17-5-4-13(21)8-15(17)24-19(27)11-25-10-18(29-2)16(26)9-14(25)12-30-20-22-6-3-7-23-20/h3-10H,11-12H2,1-2H3,(H,24,27). The van der Waals surface area contributed by atoms with Crippen molar-refractivity contribution < 1.29 is 14.3 Å². The average molecular weight is 447 g/mol. The SMILES string of the molecule is COc1ccc(Cl)cc1NC(=O)Cn1cc(OC)c(=O)cc1CSc1ncccn1. The van der Waals surface area contributed by atoms with Crippen LogP contribution in [0.3, 0.4) is 0 Å². The summed E-state index contributed by atoms with van der Waals surface area (Å²) >= 11 is 7.38. The number of anilines is 1. The zero-order chi connectivity index (χ0) is 21.5. The van der Waals surface area contributed by atoms with Crippen molar-refractivity contribution in [3.63, 3.8) is 0 Å². The van der Waals surface area contributed by atoms with Crippen LogP contribution < -0.4 is 20.2 Å². The lowest BCUT2D eigenvalue weighted by Crippen LogP contribution is -2.23. The normalized spacial score (nSPS) is 10.5. The van der Waals surface area contributed by atoms with E-state index >= 15 is 0 Å². The van der Waals surface area contributed by atoms with Gasteiger partial charge in [-0.05, 0) is 24.3 Å². The van der Waals surface area contributed by atoms with Crippen molar-refractivity contribution >= 4 is 35.0 Å². The zero-order valence-corrected chi connectivity index (χ0v) is 17.9. The Morgan fingerprint density at radius 2 is 1.90 bits per heavy atom. The van der Waals surface area contributed by atoms with Crippen LogP contribution in [0.25, 0.3) is 0 Å². The molecule has 0 atom stereocenters. The number of benzene rings is 1. The third-order valence-electron chi connectivity index (χ3n) is 4.04. The minimum atomic E-state index is -0.316. The molecule has 2 heterocycles. The average Bonchev–Trinajstić information content (AvgIpc) is 2.74. The molecule has 2 aromatic heterocycles. The summed E-state index contributed by atoms with van der Waals surface area (Å²) in [4.78, 5) is 33.2. The quantitative estimate of drug-likeness (QED) is 0.419. The first-order valence-corrected chi connectivity index (χ1v) is 10.2. The largest absolute Gasteiger partial charge is 0.495 e. The van der Waals surface area contributed by atoms with Gasteiger partial charge in [-0.25, -0.2) is 9.97 Å². The minimum Gasteiger partial charge on any atom is -0.495 e. The van der Waals surface area contributed by atoms with Crippen LogP contribution in [0.2, 0.25) is 5.02 Å². The maximum Gasteiger partial charge on any atom is 0.244 e. The van der Waals surface area contributed by atoms with E-state index in [0.29, 0.717) is 33.1 Å². The number of thioether (sulfide) groups is 1. The molecular formula is C20H19ClN4O4S. The Morgan fingerprint density at radius 3 is 2.60 bits per heavy atom. The number of methoxy groups -OCH3 is 2. The van der Waals surface area contributed by atoms with E-state index in [1.54, 1.807) is 41.2 Å². The first-order valence-electron chi connectivity index (χ1n) is 8.80. The Kier molecular flexibility index (Phi) is 7.31. The molecule has 0 fully saturated rings. The van der Waals surface area contributed by atoms with Gasteiger partial charge in [0.05, 0.1) is 26.1 Å². The highest BCUT2D eigenvalue weighted by atomic mass is 35.5. The van der Waals surface area contributed by atoms with Crippen LogP contribution in [0.15, 0.2) is 58.9 Å². The number of hydrogen-bond donors (Lipinski definition) is 1. The smallest absolute Gasteiger partial charge is 0.244 e. The Bertz CT molecular complexity index is 1090. The lowest BCUT2D eigenvalue weighted by Gasteiger charge is -2.15. The molecule has 1 amide bonds. The molecule has 0 aliphatic rings. The van der Waals surface area contributed by atoms with Gasteiger partial charge in [-0.2, -0.15) is 0 Å². The van der Waals surface area contributed by atoms with Crippen LogP contribution in [-0.4, -0.2) is 34.7 Å². The fourth-order valence-corrected chi connectivity index (χ4v) is 3.61. The first kappa shape index (κ1) is 21.7. The van der Waals surface area contributed by atoms with Crippen molar-refractivity contribution in [2.45, 2.75) is 17.5 Å². The van der Waals surface area contributed by atoms with Crippen LogP contribution in [0.1, 0.15) is 5.69 Å². The van der Waals surface area contributed by atoms with E-state index in [-0.39, 0.29) is 23.6 Å². The van der Waals surface area contributed by atoms with Gasteiger partial charge in [-0.15, -0.1) is 0 Å². The first-order chi connectivity index (χ1) is 14.5. The molecule has 3 aromatic rings. The van der Waals surface area contributed by atoms with E-state index in [0.717, 1.165) is 0 Å². The summed E-state index contributed by atoms with van der Waals surface area (Å²) < 4.78 is 12.0. The molecule has 0 radical (unpaired) electrons. The highest BCUT2D eigenvalue weighted by Gasteiger charge is 2.13. The number of ether oxygens (including phenoxy) is 2. The highest BCUT2D eigenvalue weighted by molar-refractivity contribution is 7.98. The molecule has 0 spiro atoms. The van der Waals surface area contributed by atoms with E-state index in [2.05, 4.69) is 15.3 Å². The molecule has 10 heteroatoms. The molecule has 0 aliphatic heterocycles. The Hall–Kier alpha value is -3.04. The molecule has 0 bridgehead atoms. The summed E-state index contributed by atoms with van der Waals surface area (Å²) in [5.41, 5.74) is 0.818. The van der Waals surface area contributed by atoms with Crippen LogP contribution in [-0.2, 0) is 17.1 Å². The second-order valence-corrected chi connectivity index (χ2v) is 7.42.